The zero-order chi connectivity index (χ0) is 25.1. The van der Waals surface area contributed by atoms with E-state index in [-0.39, 0.29) is 11.5 Å². The number of fused-ring (bicyclic) bond motifs is 1. The summed E-state index contributed by atoms with van der Waals surface area (Å²) in [4.78, 5) is 12.3. The quantitative estimate of drug-likeness (QED) is 0.408. The van der Waals surface area contributed by atoms with E-state index in [0.717, 1.165) is 68.4 Å². The molecule has 2 fully saturated rings. The van der Waals surface area contributed by atoms with Gasteiger partial charge in [-0.25, -0.2) is 19.3 Å². The van der Waals surface area contributed by atoms with E-state index in [1.165, 1.54) is 4.68 Å². The van der Waals surface area contributed by atoms with Crippen molar-refractivity contribution in [3.05, 3.63) is 53.7 Å². The van der Waals surface area contributed by atoms with Crippen molar-refractivity contribution >= 4 is 28.2 Å². The molecule has 5 heterocycles. The Morgan fingerprint density at radius 2 is 1.69 bits per heavy atom. The summed E-state index contributed by atoms with van der Waals surface area (Å²) < 4.78 is 46.9. The predicted octanol–water partition coefficient (Wildman–Crippen LogP) is 3.58. The Hall–Kier alpha value is -3.22. The maximum absolute atomic E-state index is 12.8. The first kappa shape index (κ1) is 23.2. The lowest BCUT2D eigenvalue weighted by Crippen LogP contribution is -2.64. The molecule has 4 aromatic rings. The van der Waals surface area contributed by atoms with Gasteiger partial charge in [0.05, 0.1) is 59.1 Å². The van der Waals surface area contributed by atoms with Crippen LogP contribution in [0.1, 0.15) is 12.5 Å². The van der Waals surface area contributed by atoms with Crippen LogP contribution in [-0.4, -0.2) is 79.4 Å². The van der Waals surface area contributed by atoms with E-state index in [9.17, 15) is 13.2 Å². The van der Waals surface area contributed by atoms with Crippen LogP contribution in [-0.2, 0) is 10.9 Å². The molecule has 0 amide bonds. The van der Waals surface area contributed by atoms with Crippen molar-refractivity contribution < 1.29 is 17.9 Å². The van der Waals surface area contributed by atoms with Gasteiger partial charge >= 0.3 is 6.18 Å². The third-order valence-electron chi connectivity index (χ3n) is 6.83. The minimum atomic E-state index is -4.50. The van der Waals surface area contributed by atoms with E-state index in [2.05, 4.69) is 36.9 Å². The van der Waals surface area contributed by atoms with Crippen LogP contribution >= 0.6 is 11.6 Å². The largest absolute Gasteiger partial charge is 0.419 e. The molecular weight excluding hydrogens is 497 g/mol. The second kappa shape index (κ2) is 8.43. The molecule has 188 valence electrons. The molecule has 0 radical (unpaired) electrons. The Morgan fingerprint density at radius 1 is 0.972 bits per heavy atom. The molecular formula is C23H22ClF3N8O. The van der Waals surface area contributed by atoms with Crippen molar-refractivity contribution in [3.63, 3.8) is 0 Å². The summed E-state index contributed by atoms with van der Waals surface area (Å²) in [5.41, 5.74) is 1.58. The van der Waals surface area contributed by atoms with E-state index in [4.69, 9.17) is 16.3 Å². The zero-order valence-corrected chi connectivity index (χ0v) is 20.0. The molecule has 36 heavy (non-hydrogen) atoms. The average molecular weight is 519 g/mol. The normalized spacial score (nSPS) is 18.5. The lowest BCUT2D eigenvalue weighted by molar-refractivity contribution is -0.138. The second-order valence-corrected chi connectivity index (χ2v) is 9.70. The molecule has 9 nitrogen and oxygen atoms in total. The van der Waals surface area contributed by atoms with Crippen molar-refractivity contribution in [3.8, 4) is 11.6 Å². The van der Waals surface area contributed by atoms with Crippen molar-refractivity contribution in [2.45, 2.75) is 18.6 Å². The predicted molar refractivity (Wildman–Crippen MR) is 127 cm³/mol. The van der Waals surface area contributed by atoms with Gasteiger partial charge in [-0.3, -0.25) is 4.90 Å². The molecule has 2 aliphatic heterocycles. The van der Waals surface area contributed by atoms with E-state index in [1.54, 1.807) is 23.3 Å². The highest BCUT2D eigenvalue weighted by atomic mass is 35.5. The Balaban J connectivity index is 1.26. The number of rotatable bonds is 4. The van der Waals surface area contributed by atoms with Gasteiger partial charge in [0.1, 0.15) is 5.69 Å². The number of hydrogen-bond donors (Lipinski definition) is 0. The number of piperazine rings is 1. The summed E-state index contributed by atoms with van der Waals surface area (Å²) in [5, 5.41) is 10.2. The summed E-state index contributed by atoms with van der Waals surface area (Å²) in [6.07, 6.45) is 1.85. The monoisotopic (exact) mass is 518 g/mol. The van der Waals surface area contributed by atoms with Crippen molar-refractivity contribution in [1.82, 2.24) is 34.4 Å². The van der Waals surface area contributed by atoms with E-state index >= 15 is 0 Å². The molecule has 0 N–H and O–H groups in total. The maximum Gasteiger partial charge on any atom is 0.419 e. The van der Waals surface area contributed by atoms with Crippen LogP contribution in [0.15, 0.2) is 43.1 Å². The molecule has 0 bridgehead atoms. The highest BCUT2D eigenvalue weighted by Crippen LogP contribution is 2.34. The number of anilines is 1. The van der Waals surface area contributed by atoms with Crippen molar-refractivity contribution in [1.29, 1.82) is 0 Å². The van der Waals surface area contributed by atoms with E-state index < -0.39 is 11.7 Å². The molecule has 0 atom stereocenters. The first-order valence-electron chi connectivity index (χ1n) is 11.4. The number of halogens is 4. The molecule has 2 saturated heterocycles. The maximum atomic E-state index is 12.8. The molecule has 3 aromatic heterocycles. The van der Waals surface area contributed by atoms with Crippen LogP contribution in [0.25, 0.3) is 22.5 Å². The second-order valence-electron chi connectivity index (χ2n) is 9.30. The van der Waals surface area contributed by atoms with Crippen LogP contribution in [0.4, 0.5) is 18.9 Å². The lowest BCUT2D eigenvalue weighted by atomic mass is 9.97. The standard InChI is InChI=1S/C23H22ClF3N8O/c1-22(13-36-14-22)33-4-2-32(3-5-33)20-7-19-15(6-18(20)24)8-31-35(19)17-11-30-34(12-17)21-28-9-16(10-29-21)23(25,26)27/h6-12H,2-5,13-14H2,1H3. The summed E-state index contributed by atoms with van der Waals surface area (Å²) >= 11 is 6.66. The smallest absolute Gasteiger partial charge is 0.377 e. The van der Waals surface area contributed by atoms with Crippen molar-refractivity contribution in [2.24, 2.45) is 0 Å². The number of nitrogens with zero attached hydrogens (tertiary/aromatic N) is 8. The summed E-state index contributed by atoms with van der Waals surface area (Å²) in [5.74, 6) is 0.0258. The topological polar surface area (TPSA) is 77.1 Å². The van der Waals surface area contributed by atoms with Gasteiger partial charge in [0, 0.05) is 44.0 Å². The Kier molecular flexibility index (Phi) is 5.43. The fourth-order valence-electron chi connectivity index (χ4n) is 4.67. The van der Waals surface area contributed by atoms with Crippen LogP contribution in [0, 0.1) is 0 Å². The molecule has 6 rings (SSSR count). The molecule has 0 spiro atoms. The molecule has 0 aliphatic carbocycles. The van der Waals surface area contributed by atoms with Gasteiger partial charge in [-0.2, -0.15) is 23.4 Å². The third-order valence-corrected chi connectivity index (χ3v) is 7.13. The summed E-state index contributed by atoms with van der Waals surface area (Å²) in [6.45, 7) is 7.31. The lowest BCUT2D eigenvalue weighted by Gasteiger charge is -2.50. The van der Waals surface area contributed by atoms with Crippen LogP contribution < -0.4 is 4.90 Å². The number of aromatic nitrogens is 6. The third kappa shape index (κ3) is 3.98. The Bertz CT molecular complexity index is 1410. The molecule has 1 aromatic carbocycles. The minimum Gasteiger partial charge on any atom is -0.377 e. The number of ether oxygens (including phenoxy) is 1. The van der Waals surface area contributed by atoms with Gasteiger partial charge in [-0.05, 0) is 19.1 Å². The fraction of sp³-hybridized carbons (Fsp3) is 0.391. The van der Waals surface area contributed by atoms with Crippen LogP contribution in [0.5, 0.6) is 0 Å². The van der Waals surface area contributed by atoms with Gasteiger partial charge in [0.15, 0.2) is 0 Å². The number of benzene rings is 1. The molecule has 0 unspecified atom stereocenters. The fourth-order valence-corrected chi connectivity index (χ4v) is 4.96. The van der Waals surface area contributed by atoms with Gasteiger partial charge < -0.3 is 9.64 Å². The van der Waals surface area contributed by atoms with Gasteiger partial charge in [-0.15, -0.1) is 0 Å². The van der Waals surface area contributed by atoms with Gasteiger partial charge in [0.25, 0.3) is 5.95 Å². The Morgan fingerprint density at radius 3 is 2.33 bits per heavy atom. The van der Waals surface area contributed by atoms with Crippen LogP contribution in [0.2, 0.25) is 5.02 Å². The van der Waals surface area contributed by atoms with Gasteiger partial charge in [0.2, 0.25) is 0 Å². The molecule has 2 aliphatic rings. The summed E-state index contributed by atoms with van der Waals surface area (Å²) in [7, 11) is 0. The SMILES string of the molecule is CC1(N2CCN(c3cc4c(cnn4-c4cnn(-c5ncc(C(F)(F)F)cn5)c4)cc3Cl)CC2)COC1. The highest BCUT2D eigenvalue weighted by molar-refractivity contribution is 6.34. The van der Waals surface area contributed by atoms with Crippen molar-refractivity contribution in [2.75, 3.05) is 44.3 Å². The molecule has 0 saturated carbocycles. The van der Waals surface area contributed by atoms with Crippen LogP contribution in [0.3, 0.4) is 0 Å². The highest BCUT2D eigenvalue weighted by Gasteiger charge is 2.40. The van der Waals surface area contributed by atoms with Gasteiger partial charge in [-0.1, -0.05) is 11.6 Å². The number of hydrogen-bond acceptors (Lipinski definition) is 7. The average Bonchev–Trinajstić information content (AvgIpc) is 3.49. The first-order chi connectivity index (χ1) is 17.2. The number of alkyl halides is 3. The minimum absolute atomic E-state index is 0.0258. The Labute approximate surface area is 209 Å². The molecule has 13 heteroatoms. The van der Waals surface area contributed by atoms with E-state index in [1.807, 2.05) is 12.1 Å². The summed E-state index contributed by atoms with van der Waals surface area (Å²) in [6, 6.07) is 3.91. The first-order valence-corrected chi connectivity index (χ1v) is 11.8. The zero-order valence-electron chi connectivity index (χ0n) is 19.3. The van der Waals surface area contributed by atoms with E-state index in [0.29, 0.717) is 10.7 Å².